The molecule has 3 N–H and O–H groups in total. The molecule has 2 nitrogen and oxygen atoms in total. The number of hydrogen-bond acceptors (Lipinski definition) is 2. The number of nitrogen functional groups attached to an aromatic ring is 1. The van der Waals surface area contributed by atoms with Crippen molar-refractivity contribution in [2.24, 2.45) is 0 Å². The number of nitrogens with one attached hydrogen (secondary N) is 1. The number of hydrogen-bond donors (Lipinski definition) is 2. The number of rotatable bonds is 3. The van der Waals surface area contributed by atoms with Crippen molar-refractivity contribution < 1.29 is 0 Å². The van der Waals surface area contributed by atoms with Crippen molar-refractivity contribution in [2.75, 3.05) is 11.1 Å². The van der Waals surface area contributed by atoms with E-state index in [0.29, 0.717) is 0 Å². The summed E-state index contributed by atoms with van der Waals surface area (Å²) in [5, 5.41) is 3.39. The van der Waals surface area contributed by atoms with Crippen LogP contribution in [0.15, 0.2) is 48.5 Å². The second-order valence-corrected chi connectivity index (χ2v) is 3.86. The first-order valence-corrected chi connectivity index (χ1v) is 5.40. The lowest BCUT2D eigenvalue weighted by atomic mass is 10.1. The summed E-state index contributed by atoms with van der Waals surface area (Å²) in [5.74, 6) is 0. The van der Waals surface area contributed by atoms with Crippen LogP contribution in [0.5, 0.6) is 0 Å². The summed E-state index contributed by atoms with van der Waals surface area (Å²) in [6.45, 7) is 2.85. The van der Waals surface area contributed by atoms with Gasteiger partial charge in [-0.15, -0.1) is 0 Å². The van der Waals surface area contributed by atoms with Gasteiger partial charge in [-0.05, 0) is 30.2 Å². The number of anilines is 2. The molecular weight excluding hydrogens is 196 g/mol. The van der Waals surface area contributed by atoms with E-state index >= 15 is 0 Å². The highest BCUT2D eigenvalue weighted by Gasteiger charge is 2.00. The lowest BCUT2D eigenvalue weighted by Gasteiger charge is -2.11. The third kappa shape index (κ3) is 2.34. The van der Waals surface area contributed by atoms with Crippen LogP contribution in [0.2, 0.25) is 0 Å². The molecule has 16 heavy (non-hydrogen) atoms. The van der Waals surface area contributed by atoms with E-state index in [1.165, 1.54) is 5.56 Å². The molecule has 0 fully saturated rings. The Hall–Kier alpha value is -1.96. The van der Waals surface area contributed by atoms with Gasteiger partial charge in [0.15, 0.2) is 0 Å². The molecular formula is C14H16N2. The van der Waals surface area contributed by atoms with Crippen LogP contribution in [0.1, 0.15) is 11.1 Å². The summed E-state index contributed by atoms with van der Waals surface area (Å²) in [6, 6.07) is 16.3. The molecule has 2 heteroatoms. The van der Waals surface area contributed by atoms with E-state index in [-0.39, 0.29) is 0 Å². The molecule has 0 heterocycles. The number of nitrogens with two attached hydrogens (primary N) is 1. The zero-order chi connectivity index (χ0) is 11.4. The van der Waals surface area contributed by atoms with Gasteiger partial charge in [-0.1, -0.05) is 36.4 Å². The smallest absolute Gasteiger partial charge is 0.0400 e. The lowest BCUT2D eigenvalue weighted by Crippen LogP contribution is -2.02. The molecule has 2 aromatic rings. The Bertz CT molecular complexity index is 463. The summed E-state index contributed by atoms with van der Waals surface area (Å²) < 4.78 is 0. The van der Waals surface area contributed by atoms with E-state index in [0.717, 1.165) is 23.5 Å². The minimum Gasteiger partial charge on any atom is -0.398 e. The van der Waals surface area contributed by atoms with Crippen LogP contribution >= 0.6 is 0 Å². The summed E-state index contributed by atoms with van der Waals surface area (Å²) in [6.07, 6.45) is 0. The van der Waals surface area contributed by atoms with Gasteiger partial charge in [0, 0.05) is 17.9 Å². The zero-order valence-electron chi connectivity index (χ0n) is 9.40. The van der Waals surface area contributed by atoms with Gasteiger partial charge < -0.3 is 11.1 Å². The topological polar surface area (TPSA) is 38.0 Å². The van der Waals surface area contributed by atoms with Gasteiger partial charge in [-0.25, -0.2) is 0 Å². The molecule has 0 radical (unpaired) electrons. The molecule has 0 aliphatic carbocycles. The second-order valence-electron chi connectivity index (χ2n) is 3.86. The third-order valence-corrected chi connectivity index (χ3v) is 2.70. The van der Waals surface area contributed by atoms with Gasteiger partial charge >= 0.3 is 0 Å². The predicted molar refractivity (Wildman–Crippen MR) is 69.4 cm³/mol. The second kappa shape index (κ2) is 4.71. The average molecular weight is 212 g/mol. The van der Waals surface area contributed by atoms with Crippen molar-refractivity contribution in [3.63, 3.8) is 0 Å². The van der Waals surface area contributed by atoms with E-state index in [9.17, 15) is 0 Å². The SMILES string of the molecule is Cc1c(N)cccc1NCc1ccccc1. The minimum atomic E-state index is 0.825. The standard InChI is InChI=1S/C14H16N2/c1-11-13(15)8-5-9-14(11)16-10-12-6-3-2-4-7-12/h2-9,16H,10,15H2,1H3. The third-order valence-electron chi connectivity index (χ3n) is 2.70. The maximum atomic E-state index is 5.85. The molecule has 82 valence electrons. The fourth-order valence-electron chi connectivity index (χ4n) is 1.64. The van der Waals surface area contributed by atoms with E-state index in [4.69, 9.17) is 5.73 Å². The van der Waals surface area contributed by atoms with Crippen LogP contribution in [-0.2, 0) is 6.54 Å². The normalized spacial score (nSPS) is 10.1. The van der Waals surface area contributed by atoms with Gasteiger partial charge in [0.05, 0.1) is 0 Å². The van der Waals surface area contributed by atoms with Crippen molar-refractivity contribution in [3.8, 4) is 0 Å². The van der Waals surface area contributed by atoms with Gasteiger partial charge in [-0.3, -0.25) is 0 Å². The van der Waals surface area contributed by atoms with Crippen LogP contribution < -0.4 is 11.1 Å². The summed E-state index contributed by atoms with van der Waals surface area (Å²) in [7, 11) is 0. The minimum absolute atomic E-state index is 0.825. The van der Waals surface area contributed by atoms with Crippen molar-refractivity contribution in [1.82, 2.24) is 0 Å². The highest BCUT2D eigenvalue weighted by atomic mass is 14.9. The molecule has 2 rings (SSSR count). The zero-order valence-corrected chi connectivity index (χ0v) is 9.40. The Balaban J connectivity index is 2.08. The van der Waals surface area contributed by atoms with Crippen molar-refractivity contribution in [2.45, 2.75) is 13.5 Å². The molecule has 0 aliphatic rings. The maximum absolute atomic E-state index is 5.85. The quantitative estimate of drug-likeness (QED) is 0.767. The van der Waals surface area contributed by atoms with E-state index < -0.39 is 0 Å². The molecule has 0 amide bonds. The van der Waals surface area contributed by atoms with Gasteiger partial charge in [0.25, 0.3) is 0 Å². The fraction of sp³-hybridized carbons (Fsp3) is 0.143. The molecule has 0 saturated carbocycles. The first-order valence-electron chi connectivity index (χ1n) is 5.40. The highest BCUT2D eigenvalue weighted by Crippen LogP contribution is 2.20. The van der Waals surface area contributed by atoms with Crippen LogP contribution in [0.25, 0.3) is 0 Å². The Kier molecular flexibility index (Phi) is 3.10. The first-order chi connectivity index (χ1) is 7.77. The molecule has 0 aromatic heterocycles. The molecule has 0 atom stereocenters. The lowest BCUT2D eigenvalue weighted by molar-refractivity contribution is 1.14. The molecule has 2 aromatic carbocycles. The van der Waals surface area contributed by atoms with Crippen molar-refractivity contribution in [3.05, 3.63) is 59.7 Å². The van der Waals surface area contributed by atoms with E-state index in [2.05, 4.69) is 23.5 Å². The van der Waals surface area contributed by atoms with Gasteiger partial charge in [-0.2, -0.15) is 0 Å². The summed E-state index contributed by atoms with van der Waals surface area (Å²) in [5.41, 5.74) is 10.2. The molecule has 0 aliphatic heterocycles. The summed E-state index contributed by atoms with van der Waals surface area (Å²) in [4.78, 5) is 0. The molecule has 0 unspecified atom stereocenters. The molecule has 0 saturated heterocycles. The molecule has 0 bridgehead atoms. The first kappa shape index (κ1) is 10.6. The monoisotopic (exact) mass is 212 g/mol. The van der Waals surface area contributed by atoms with Crippen LogP contribution in [-0.4, -0.2) is 0 Å². The fourth-order valence-corrected chi connectivity index (χ4v) is 1.64. The predicted octanol–water partition coefficient (Wildman–Crippen LogP) is 3.19. The van der Waals surface area contributed by atoms with Crippen LogP contribution in [0.3, 0.4) is 0 Å². The highest BCUT2D eigenvalue weighted by molar-refractivity contribution is 5.62. The van der Waals surface area contributed by atoms with Crippen molar-refractivity contribution >= 4 is 11.4 Å². The summed E-state index contributed by atoms with van der Waals surface area (Å²) >= 11 is 0. The average Bonchev–Trinajstić information content (AvgIpc) is 2.32. The Morgan fingerprint density at radius 2 is 1.75 bits per heavy atom. The largest absolute Gasteiger partial charge is 0.398 e. The van der Waals surface area contributed by atoms with Gasteiger partial charge in [0.2, 0.25) is 0 Å². The van der Waals surface area contributed by atoms with Crippen molar-refractivity contribution in [1.29, 1.82) is 0 Å². The Morgan fingerprint density at radius 3 is 2.50 bits per heavy atom. The molecule has 0 spiro atoms. The Morgan fingerprint density at radius 1 is 1.00 bits per heavy atom. The number of benzene rings is 2. The van der Waals surface area contributed by atoms with Gasteiger partial charge in [0.1, 0.15) is 0 Å². The van der Waals surface area contributed by atoms with E-state index in [1.807, 2.05) is 37.3 Å². The Labute approximate surface area is 96.1 Å². The van der Waals surface area contributed by atoms with Crippen LogP contribution in [0, 0.1) is 6.92 Å². The van der Waals surface area contributed by atoms with E-state index in [1.54, 1.807) is 0 Å². The van der Waals surface area contributed by atoms with Crippen LogP contribution in [0.4, 0.5) is 11.4 Å². The maximum Gasteiger partial charge on any atom is 0.0400 e.